The number of nitrogens with one attached hydrogen (secondary N) is 1. The molecule has 0 spiro atoms. The highest BCUT2D eigenvalue weighted by Crippen LogP contribution is 2.27. The van der Waals surface area contributed by atoms with Crippen molar-refractivity contribution < 1.29 is 14.0 Å². The van der Waals surface area contributed by atoms with Crippen LogP contribution in [0, 0.1) is 5.82 Å². The maximum atomic E-state index is 13.3. The van der Waals surface area contributed by atoms with Gasteiger partial charge in [0.15, 0.2) is 0 Å². The molecule has 4 nitrogen and oxygen atoms in total. The number of carbonyl (C=O) groups excluding carboxylic acids is 1. The van der Waals surface area contributed by atoms with E-state index in [0.29, 0.717) is 24.2 Å². The summed E-state index contributed by atoms with van der Waals surface area (Å²) in [5.41, 5.74) is 1.14. The largest absolute Gasteiger partial charge is 0.379 e. The Labute approximate surface area is 134 Å². The monoisotopic (exact) mass is 312 g/mol. The van der Waals surface area contributed by atoms with Crippen molar-refractivity contribution in [3.8, 4) is 0 Å². The number of hydrogen-bond donors (Lipinski definition) is 1. The SMILES string of the molecule is C[C@]1(C(=O)NCc2ccccc2)CC(c2cccc(F)c2)=NO1. The van der Waals surface area contributed by atoms with Gasteiger partial charge in [0.2, 0.25) is 5.60 Å². The van der Waals surface area contributed by atoms with Gasteiger partial charge in [-0.25, -0.2) is 4.39 Å². The molecule has 0 aliphatic carbocycles. The topological polar surface area (TPSA) is 50.7 Å². The van der Waals surface area contributed by atoms with Crippen molar-refractivity contribution in [2.24, 2.45) is 5.16 Å². The van der Waals surface area contributed by atoms with Crippen LogP contribution in [0.4, 0.5) is 4.39 Å². The van der Waals surface area contributed by atoms with E-state index in [1.165, 1.54) is 12.1 Å². The van der Waals surface area contributed by atoms with Gasteiger partial charge in [-0.2, -0.15) is 0 Å². The van der Waals surface area contributed by atoms with E-state index in [4.69, 9.17) is 4.84 Å². The van der Waals surface area contributed by atoms with Crippen LogP contribution in [0.2, 0.25) is 0 Å². The molecule has 1 amide bonds. The Hall–Kier alpha value is -2.69. The molecule has 23 heavy (non-hydrogen) atoms. The molecular weight excluding hydrogens is 295 g/mol. The number of benzene rings is 2. The quantitative estimate of drug-likeness (QED) is 0.943. The van der Waals surface area contributed by atoms with Crippen LogP contribution in [0.25, 0.3) is 0 Å². The van der Waals surface area contributed by atoms with Gasteiger partial charge in [0, 0.05) is 18.5 Å². The van der Waals surface area contributed by atoms with E-state index in [0.717, 1.165) is 5.56 Å². The summed E-state index contributed by atoms with van der Waals surface area (Å²) in [5, 5.41) is 6.82. The third kappa shape index (κ3) is 3.39. The second-order valence-corrected chi connectivity index (χ2v) is 5.72. The van der Waals surface area contributed by atoms with E-state index in [1.54, 1.807) is 19.1 Å². The molecule has 1 atom stereocenters. The molecule has 3 rings (SSSR count). The van der Waals surface area contributed by atoms with Crippen molar-refractivity contribution in [3.63, 3.8) is 0 Å². The Morgan fingerprint density at radius 1 is 1.26 bits per heavy atom. The predicted octanol–water partition coefficient (Wildman–Crippen LogP) is 3.03. The number of rotatable bonds is 4. The number of oxime groups is 1. The highest BCUT2D eigenvalue weighted by Gasteiger charge is 2.42. The van der Waals surface area contributed by atoms with Crippen LogP contribution in [0.3, 0.4) is 0 Å². The van der Waals surface area contributed by atoms with E-state index >= 15 is 0 Å². The van der Waals surface area contributed by atoms with E-state index in [1.807, 2.05) is 30.3 Å². The minimum atomic E-state index is -1.07. The zero-order valence-electron chi connectivity index (χ0n) is 12.8. The first kappa shape index (κ1) is 15.2. The summed E-state index contributed by atoms with van der Waals surface area (Å²) in [7, 11) is 0. The molecule has 1 aliphatic heterocycles. The normalized spacial score (nSPS) is 19.8. The van der Waals surface area contributed by atoms with Crippen LogP contribution in [0.1, 0.15) is 24.5 Å². The molecule has 1 N–H and O–H groups in total. The molecule has 2 aromatic carbocycles. The third-order valence-corrected chi connectivity index (χ3v) is 3.80. The molecule has 2 aromatic rings. The van der Waals surface area contributed by atoms with Gasteiger partial charge in [0.25, 0.3) is 5.91 Å². The van der Waals surface area contributed by atoms with Crippen molar-refractivity contribution in [1.29, 1.82) is 0 Å². The van der Waals surface area contributed by atoms with Gasteiger partial charge in [-0.3, -0.25) is 4.79 Å². The molecule has 0 fully saturated rings. The van der Waals surface area contributed by atoms with Crippen LogP contribution < -0.4 is 5.32 Å². The highest BCUT2D eigenvalue weighted by molar-refractivity contribution is 6.05. The lowest BCUT2D eigenvalue weighted by Gasteiger charge is -2.20. The molecule has 118 valence electrons. The number of amides is 1. The first-order valence-corrected chi connectivity index (χ1v) is 7.40. The summed E-state index contributed by atoms with van der Waals surface area (Å²) in [6, 6.07) is 15.7. The van der Waals surface area contributed by atoms with Gasteiger partial charge in [-0.15, -0.1) is 0 Å². The van der Waals surface area contributed by atoms with Gasteiger partial charge in [-0.1, -0.05) is 47.6 Å². The first-order valence-electron chi connectivity index (χ1n) is 7.40. The van der Waals surface area contributed by atoms with Crippen molar-refractivity contribution in [3.05, 3.63) is 71.5 Å². The Kier molecular flexibility index (Phi) is 4.10. The number of halogens is 1. The molecule has 0 aromatic heterocycles. The third-order valence-electron chi connectivity index (χ3n) is 3.80. The lowest BCUT2D eigenvalue weighted by molar-refractivity contribution is -0.141. The van der Waals surface area contributed by atoms with Crippen LogP contribution in [-0.4, -0.2) is 17.2 Å². The van der Waals surface area contributed by atoms with Crippen LogP contribution >= 0.6 is 0 Å². The summed E-state index contributed by atoms with van der Waals surface area (Å²) >= 11 is 0. The maximum absolute atomic E-state index is 13.3. The summed E-state index contributed by atoms with van der Waals surface area (Å²) < 4.78 is 13.3. The van der Waals surface area contributed by atoms with E-state index in [9.17, 15) is 9.18 Å². The molecule has 0 bridgehead atoms. The van der Waals surface area contributed by atoms with Crippen LogP contribution in [0.5, 0.6) is 0 Å². The predicted molar refractivity (Wildman–Crippen MR) is 85.3 cm³/mol. The Bertz CT molecular complexity index is 746. The van der Waals surface area contributed by atoms with Crippen LogP contribution in [-0.2, 0) is 16.2 Å². The Balaban J connectivity index is 1.64. The number of hydrogen-bond acceptors (Lipinski definition) is 3. The number of nitrogens with zero attached hydrogens (tertiary/aromatic N) is 1. The lowest BCUT2D eigenvalue weighted by atomic mass is 9.95. The summed E-state index contributed by atoms with van der Waals surface area (Å²) in [5.74, 6) is -0.580. The summed E-state index contributed by atoms with van der Waals surface area (Å²) in [6.45, 7) is 2.11. The van der Waals surface area contributed by atoms with Crippen molar-refractivity contribution in [2.75, 3.05) is 0 Å². The van der Waals surface area contributed by atoms with Gasteiger partial charge in [0.1, 0.15) is 5.82 Å². The fourth-order valence-electron chi connectivity index (χ4n) is 2.45. The molecule has 0 saturated carbocycles. The van der Waals surface area contributed by atoms with Crippen molar-refractivity contribution in [2.45, 2.75) is 25.5 Å². The lowest BCUT2D eigenvalue weighted by Crippen LogP contribution is -2.44. The number of carbonyl (C=O) groups is 1. The average molecular weight is 312 g/mol. The molecule has 0 unspecified atom stereocenters. The zero-order chi connectivity index (χ0) is 16.3. The average Bonchev–Trinajstić information content (AvgIpc) is 2.97. The molecule has 0 saturated heterocycles. The van der Waals surface area contributed by atoms with Crippen molar-refractivity contribution in [1.82, 2.24) is 5.32 Å². The van der Waals surface area contributed by atoms with Crippen LogP contribution in [0.15, 0.2) is 59.8 Å². The van der Waals surface area contributed by atoms with E-state index in [2.05, 4.69) is 10.5 Å². The zero-order valence-corrected chi connectivity index (χ0v) is 12.8. The van der Waals surface area contributed by atoms with Gasteiger partial charge in [0.05, 0.1) is 5.71 Å². The van der Waals surface area contributed by atoms with E-state index in [-0.39, 0.29) is 11.7 Å². The summed E-state index contributed by atoms with van der Waals surface area (Å²) in [6.07, 6.45) is 0.303. The van der Waals surface area contributed by atoms with Gasteiger partial charge < -0.3 is 10.2 Å². The highest BCUT2D eigenvalue weighted by atomic mass is 19.1. The minimum absolute atomic E-state index is 0.239. The second-order valence-electron chi connectivity index (χ2n) is 5.72. The maximum Gasteiger partial charge on any atom is 0.267 e. The molecule has 0 radical (unpaired) electrons. The molecule has 1 heterocycles. The molecule has 5 heteroatoms. The van der Waals surface area contributed by atoms with Gasteiger partial charge >= 0.3 is 0 Å². The second kappa shape index (κ2) is 6.20. The molecule has 1 aliphatic rings. The minimum Gasteiger partial charge on any atom is -0.379 e. The standard InChI is InChI=1S/C18H17FN2O2/c1-18(17(22)20-12-13-6-3-2-4-7-13)11-16(21-23-18)14-8-5-9-15(19)10-14/h2-10H,11-12H2,1H3,(H,20,22)/t18-/m1/s1. The smallest absolute Gasteiger partial charge is 0.267 e. The van der Waals surface area contributed by atoms with E-state index < -0.39 is 5.60 Å². The van der Waals surface area contributed by atoms with Crippen molar-refractivity contribution >= 4 is 11.6 Å². The van der Waals surface area contributed by atoms with Gasteiger partial charge in [-0.05, 0) is 24.6 Å². The Morgan fingerprint density at radius 2 is 2.04 bits per heavy atom. The first-order chi connectivity index (χ1) is 11.1. The molecular formula is C18H17FN2O2. The fourth-order valence-corrected chi connectivity index (χ4v) is 2.45. The summed E-state index contributed by atoms with van der Waals surface area (Å²) in [4.78, 5) is 17.8. The fraction of sp³-hybridized carbons (Fsp3) is 0.222. The Morgan fingerprint density at radius 3 is 2.78 bits per heavy atom.